The Hall–Kier alpha value is -1.99. The van der Waals surface area contributed by atoms with Crippen molar-refractivity contribution in [2.24, 2.45) is 0 Å². The summed E-state index contributed by atoms with van der Waals surface area (Å²) in [6.45, 7) is 0.495. The van der Waals surface area contributed by atoms with Crippen LogP contribution in [0.4, 0.5) is 11.4 Å². The number of nitrogens with zero attached hydrogens (tertiary/aromatic N) is 1. The Bertz CT molecular complexity index is 476. The molecule has 1 unspecified atom stereocenters. The van der Waals surface area contributed by atoms with Crippen LogP contribution in [-0.2, 0) is 4.79 Å². The van der Waals surface area contributed by atoms with Crippen molar-refractivity contribution in [2.75, 3.05) is 23.8 Å². The van der Waals surface area contributed by atoms with E-state index < -0.39 is 6.10 Å². The summed E-state index contributed by atoms with van der Waals surface area (Å²) in [4.78, 5) is 13.1. The molecule has 2 rings (SSSR count). The molecule has 82 valence electrons. The van der Waals surface area contributed by atoms with Crippen LogP contribution in [-0.4, -0.2) is 24.6 Å². The van der Waals surface area contributed by atoms with E-state index in [2.05, 4.69) is 11.2 Å². The van der Waals surface area contributed by atoms with Crippen molar-refractivity contribution in [1.29, 1.82) is 0 Å². The molecule has 0 saturated carbocycles. The third kappa shape index (κ3) is 1.62. The summed E-state index contributed by atoms with van der Waals surface area (Å²) in [6.07, 6.45) is 4.17. The number of hydrogen-bond acceptors (Lipinski definition) is 3. The quantitative estimate of drug-likeness (QED) is 0.717. The first kappa shape index (κ1) is 10.5. The lowest BCUT2D eigenvalue weighted by Crippen LogP contribution is -2.16. The number of terminal acetylenes is 1. The van der Waals surface area contributed by atoms with Crippen molar-refractivity contribution in [3.63, 3.8) is 0 Å². The van der Waals surface area contributed by atoms with E-state index in [1.807, 2.05) is 18.0 Å². The van der Waals surface area contributed by atoms with Crippen molar-refractivity contribution in [3.8, 4) is 12.3 Å². The Balaban J connectivity index is 2.32. The van der Waals surface area contributed by atoms with E-state index in [1.54, 1.807) is 12.1 Å². The molecule has 0 fully saturated rings. The van der Waals surface area contributed by atoms with E-state index in [4.69, 9.17) is 6.42 Å². The smallest absolute Gasteiger partial charge is 0.257 e. The third-order valence-corrected chi connectivity index (χ3v) is 2.61. The minimum atomic E-state index is -1.05. The Labute approximate surface area is 93.9 Å². The van der Waals surface area contributed by atoms with Crippen LogP contribution in [0.5, 0.6) is 0 Å². The number of anilines is 2. The number of nitrogens with one attached hydrogen (secondary N) is 1. The van der Waals surface area contributed by atoms with Crippen LogP contribution < -0.4 is 10.2 Å². The van der Waals surface area contributed by atoms with E-state index in [9.17, 15) is 9.90 Å². The Morgan fingerprint density at radius 1 is 1.62 bits per heavy atom. The number of benzene rings is 1. The predicted octanol–water partition coefficient (Wildman–Crippen LogP) is 0.741. The molecule has 2 N–H and O–H groups in total. The first-order valence-electron chi connectivity index (χ1n) is 4.91. The van der Waals surface area contributed by atoms with Crippen LogP contribution in [0.2, 0.25) is 0 Å². The fourth-order valence-electron chi connectivity index (χ4n) is 1.70. The molecule has 1 aromatic carbocycles. The zero-order valence-electron chi connectivity index (χ0n) is 8.90. The molecule has 1 aliphatic rings. The lowest BCUT2D eigenvalue weighted by atomic mass is 10.1. The highest BCUT2D eigenvalue weighted by molar-refractivity contribution is 6.02. The van der Waals surface area contributed by atoms with Gasteiger partial charge in [-0.25, -0.2) is 0 Å². The molecule has 0 saturated heterocycles. The predicted molar refractivity (Wildman–Crippen MR) is 62.1 cm³/mol. The average Bonchev–Trinajstić information content (AvgIpc) is 2.55. The summed E-state index contributed by atoms with van der Waals surface area (Å²) < 4.78 is 0. The van der Waals surface area contributed by atoms with Crippen LogP contribution in [0.3, 0.4) is 0 Å². The van der Waals surface area contributed by atoms with Gasteiger partial charge in [0.25, 0.3) is 5.91 Å². The maximum Gasteiger partial charge on any atom is 0.257 e. The van der Waals surface area contributed by atoms with Crippen LogP contribution in [0, 0.1) is 12.3 Å². The van der Waals surface area contributed by atoms with Crippen molar-refractivity contribution in [1.82, 2.24) is 0 Å². The molecule has 4 nitrogen and oxygen atoms in total. The molecular formula is C12H12N2O2. The highest BCUT2D eigenvalue weighted by Gasteiger charge is 2.28. The molecule has 1 amide bonds. The normalized spacial score (nSPS) is 17.6. The molecule has 0 radical (unpaired) electrons. The third-order valence-electron chi connectivity index (χ3n) is 2.61. The molecule has 0 aromatic heterocycles. The maximum absolute atomic E-state index is 11.2. The standard InChI is InChI=1S/C12H12N2O2/c1-3-6-14(2)8-4-5-9-10(7-8)13-12(16)11(9)15/h1,4-5,7,11,15H,6H2,2H3,(H,13,16). The van der Waals surface area contributed by atoms with E-state index in [0.717, 1.165) is 5.69 Å². The van der Waals surface area contributed by atoms with Crippen LogP contribution in [0.15, 0.2) is 18.2 Å². The minimum Gasteiger partial charge on any atom is -0.378 e. The second-order valence-electron chi connectivity index (χ2n) is 3.72. The summed E-state index contributed by atoms with van der Waals surface area (Å²) in [5.74, 6) is 2.16. The number of amides is 1. The summed E-state index contributed by atoms with van der Waals surface area (Å²) in [7, 11) is 1.87. The van der Waals surface area contributed by atoms with Crippen LogP contribution in [0.1, 0.15) is 11.7 Å². The van der Waals surface area contributed by atoms with Gasteiger partial charge in [-0.05, 0) is 12.1 Å². The highest BCUT2D eigenvalue weighted by atomic mass is 16.3. The Morgan fingerprint density at radius 3 is 3.06 bits per heavy atom. The van der Waals surface area contributed by atoms with Gasteiger partial charge in [0.15, 0.2) is 6.10 Å². The first-order valence-corrected chi connectivity index (χ1v) is 4.91. The molecule has 0 bridgehead atoms. The van der Waals surface area contributed by atoms with Gasteiger partial charge in [0, 0.05) is 24.0 Å². The van der Waals surface area contributed by atoms with Crippen molar-refractivity contribution >= 4 is 17.3 Å². The molecule has 1 aliphatic heterocycles. The van der Waals surface area contributed by atoms with Crippen molar-refractivity contribution in [3.05, 3.63) is 23.8 Å². The van der Waals surface area contributed by atoms with E-state index in [1.165, 1.54) is 0 Å². The Kier molecular flexibility index (Phi) is 2.55. The minimum absolute atomic E-state index is 0.383. The van der Waals surface area contributed by atoms with Crippen LogP contribution in [0.25, 0.3) is 0 Å². The number of fused-ring (bicyclic) bond motifs is 1. The number of carbonyl (C=O) groups excluding carboxylic acids is 1. The molecule has 4 heteroatoms. The molecule has 0 spiro atoms. The van der Waals surface area contributed by atoms with Gasteiger partial charge in [0.05, 0.1) is 6.54 Å². The fraction of sp³-hybridized carbons (Fsp3) is 0.250. The summed E-state index contributed by atoms with van der Waals surface area (Å²) >= 11 is 0. The topological polar surface area (TPSA) is 52.6 Å². The zero-order valence-corrected chi connectivity index (χ0v) is 8.90. The lowest BCUT2D eigenvalue weighted by molar-refractivity contribution is -0.123. The molecule has 1 heterocycles. The van der Waals surface area contributed by atoms with Gasteiger partial charge in [-0.15, -0.1) is 6.42 Å². The fourth-order valence-corrected chi connectivity index (χ4v) is 1.70. The second kappa shape index (κ2) is 3.87. The number of aliphatic hydroxyl groups is 1. The van der Waals surface area contributed by atoms with Gasteiger partial charge in [0.2, 0.25) is 0 Å². The van der Waals surface area contributed by atoms with E-state index in [0.29, 0.717) is 17.8 Å². The van der Waals surface area contributed by atoms with Crippen LogP contribution >= 0.6 is 0 Å². The summed E-state index contributed by atoms with van der Waals surface area (Å²) in [5.41, 5.74) is 2.17. The van der Waals surface area contributed by atoms with Gasteiger partial charge in [-0.3, -0.25) is 4.79 Å². The highest BCUT2D eigenvalue weighted by Crippen LogP contribution is 2.33. The molecule has 1 aromatic rings. The molecule has 1 atom stereocenters. The van der Waals surface area contributed by atoms with Crippen molar-refractivity contribution < 1.29 is 9.90 Å². The average molecular weight is 216 g/mol. The van der Waals surface area contributed by atoms with E-state index in [-0.39, 0.29) is 5.91 Å². The number of aliphatic hydroxyl groups excluding tert-OH is 1. The summed E-state index contributed by atoms with van der Waals surface area (Å²) in [6, 6.07) is 5.38. The largest absolute Gasteiger partial charge is 0.378 e. The van der Waals surface area contributed by atoms with Gasteiger partial charge < -0.3 is 15.3 Å². The summed E-state index contributed by atoms with van der Waals surface area (Å²) in [5, 5.41) is 12.1. The number of carbonyl (C=O) groups is 1. The lowest BCUT2D eigenvalue weighted by Gasteiger charge is -2.16. The Morgan fingerprint density at radius 2 is 2.38 bits per heavy atom. The SMILES string of the molecule is C#CCN(C)c1ccc2c(c1)NC(=O)C2O. The molecule has 16 heavy (non-hydrogen) atoms. The van der Waals surface area contributed by atoms with Gasteiger partial charge >= 0.3 is 0 Å². The van der Waals surface area contributed by atoms with Gasteiger partial charge in [-0.1, -0.05) is 12.0 Å². The van der Waals surface area contributed by atoms with Crippen molar-refractivity contribution in [2.45, 2.75) is 6.10 Å². The maximum atomic E-state index is 11.2. The van der Waals surface area contributed by atoms with Gasteiger partial charge in [-0.2, -0.15) is 0 Å². The molecule has 0 aliphatic carbocycles. The van der Waals surface area contributed by atoms with Gasteiger partial charge in [0.1, 0.15) is 0 Å². The molecular weight excluding hydrogens is 204 g/mol. The zero-order chi connectivity index (χ0) is 11.7. The first-order chi connectivity index (χ1) is 7.63. The second-order valence-corrected chi connectivity index (χ2v) is 3.72. The number of rotatable bonds is 2. The van der Waals surface area contributed by atoms with E-state index >= 15 is 0 Å². The monoisotopic (exact) mass is 216 g/mol. The number of hydrogen-bond donors (Lipinski definition) is 2.